The van der Waals surface area contributed by atoms with Crippen LogP contribution >= 0.6 is 0 Å². The van der Waals surface area contributed by atoms with Gasteiger partial charge in [-0.3, -0.25) is 4.79 Å². The van der Waals surface area contributed by atoms with Crippen LogP contribution in [0.4, 0.5) is 5.95 Å². The van der Waals surface area contributed by atoms with Crippen molar-refractivity contribution in [3.05, 3.63) is 18.0 Å². The van der Waals surface area contributed by atoms with Crippen molar-refractivity contribution >= 4 is 12.2 Å². The minimum Gasteiger partial charge on any atom is -0.337 e. The summed E-state index contributed by atoms with van der Waals surface area (Å²) in [6, 6.07) is 0.444. The zero-order valence-electron chi connectivity index (χ0n) is 11.0. The first kappa shape index (κ1) is 13.0. The van der Waals surface area contributed by atoms with E-state index in [1.165, 1.54) is 0 Å². The molecule has 1 fully saturated rings. The van der Waals surface area contributed by atoms with Crippen molar-refractivity contribution in [1.82, 2.24) is 14.9 Å². The van der Waals surface area contributed by atoms with E-state index in [0.29, 0.717) is 11.6 Å². The fraction of sp³-hybridized carbons (Fsp3) is 0.615. The van der Waals surface area contributed by atoms with Crippen LogP contribution in [-0.2, 0) is 0 Å². The molecule has 0 amide bonds. The third kappa shape index (κ3) is 2.85. The normalized spacial score (nSPS) is 21.7. The summed E-state index contributed by atoms with van der Waals surface area (Å²) in [6.07, 6.45) is 6.15. The molecule has 0 N–H and O–H groups in total. The zero-order valence-corrected chi connectivity index (χ0v) is 11.0. The lowest BCUT2D eigenvalue weighted by Crippen LogP contribution is -2.40. The van der Waals surface area contributed by atoms with Gasteiger partial charge in [0.15, 0.2) is 6.29 Å². The van der Waals surface area contributed by atoms with Crippen molar-refractivity contribution < 1.29 is 4.79 Å². The van der Waals surface area contributed by atoms with Crippen molar-refractivity contribution in [3.8, 4) is 0 Å². The van der Waals surface area contributed by atoms with Crippen LogP contribution in [0.5, 0.6) is 0 Å². The van der Waals surface area contributed by atoms with E-state index in [0.717, 1.165) is 44.7 Å². The van der Waals surface area contributed by atoms with Gasteiger partial charge in [0.25, 0.3) is 0 Å². The van der Waals surface area contributed by atoms with Crippen molar-refractivity contribution in [2.45, 2.75) is 25.8 Å². The van der Waals surface area contributed by atoms with Crippen LogP contribution in [0.15, 0.2) is 12.4 Å². The molecule has 1 aliphatic rings. The smallest absolute Gasteiger partial charge is 0.225 e. The predicted octanol–water partition coefficient (Wildman–Crippen LogP) is 1.21. The molecule has 0 saturated carbocycles. The maximum absolute atomic E-state index is 10.6. The second-order valence-corrected chi connectivity index (χ2v) is 4.81. The Hall–Kier alpha value is -1.49. The molecule has 5 nitrogen and oxygen atoms in total. The number of aldehydes is 1. The van der Waals surface area contributed by atoms with Gasteiger partial charge in [0.1, 0.15) is 0 Å². The molecule has 0 aliphatic carbocycles. The summed E-state index contributed by atoms with van der Waals surface area (Å²) in [6.45, 7) is 5.31. The van der Waals surface area contributed by atoms with Crippen LogP contribution in [0.2, 0.25) is 0 Å². The molecule has 5 heteroatoms. The Bertz CT molecular complexity index is 392. The third-order valence-corrected chi connectivity index (χ3v) is 3.42. The molecular weight excluding hydrogens is 228 g/mol. The quantitative estimate of drug-likeness (QED) is 0.753. The molecule has 1 atom stereocenters. The van der Waals surface area contributed by atoms with Crippen LogP contribution < -0.4 is 4.90 Å². The Kier molecular flexibility index (Phi) is 4.25. The number of hydrogen-bond acceptors (Lipinski definition) is 5. The number of aromatic nitrogens is 2. The number of hydrogen-bond donors (Lipinski definition) is 0. The van der Waals surface area contributed by atoms with Crippen molar-refractivity contribution in [1.29, 1.82) is 0 Å². The summed E-state index contributed by atoms with van der Waals surface area (Å²) in [5.74, 6) is 0.739. The molecule has 98 valence electrons. The Labute approximate surface area is 108 Å². The second kappa shape index (κ2) is 5.91. The molecule has 1 aliphatic heterocycles. The highest BCUT2D eigenvalue weighted by Gasteiger charge is 2.23. The Balaban J connectivity index is 2.19. The van der Waals surface area contributed by atoms with Gasteiger partial charge in [-0.25, -0.2) is 9.97 Å². The van der Waals surface area contributed by atoms with Gasteiger partial charge < -0.3 is 9.80 Å². The van der Waals surface area contributed by atoms with Gasteiger partial charge in [-0.05, 0) is 26.4 Å². The lowest BCUT2D eigenvalue weighted by atomic mass is 10.2. The number of carbonyl (C=O) groups excluding carboxylic acids is 1. The van der Waals surface area contributed by atoms with E-state index >= 15 is 0 Å². The highest BCUT2D eigenvalue weighted by Crippen LogP contribution is 2.17. The van der Waals surface area contributed by atoms with E-state index < -0.39 is 0 Å². The number of nitrogens with zero attached hydrogens (tertiary/aromatic N) is 4. The molecule has 2 heterocycles. The Morgan fingerprint density at radius 2 is 2.11 bits per heavy atom. The highest BCUT2D eigenvalue weighted by atomic mass is 16.1. The number of rotatable bonds is 3. The Morgan fingerprint density at radius 1 is 1.39 bits per heavy atom. The molecule has 1 saturated heterocycles. The second-order valence-electron chi connectivity index (χ2n) is 4.81. The van der Waals surface area contributed by atoms with Crippen LogP contribution in [-0.4, -0.2) is 53.9 Å². The molecule has 1 aromatic rings. The minimum absolute atomic E-state index is 0.444. The average Bonchev–Trinajstić information content (AvgIpc) is 2.60. The maximum Gasteiger partial charge on any atom is 0.225 e. The van der Waals surface area contributed by atoms with E-state index in [1.807, 2.05) is 0 Å². The van der Waals surface area contributed by atoms with Gasteiger partial charge in [-0.1, -0.05) is 6.92 Å². The summed E-state index contributed by atoms with van der Waals surface area (Å²) in [4.78, 5) is 23.8. The van der Waals surface area contributed by atoms with E-state index in [1.54, 1.807) is 12.4 Å². The fourth-order valence-electron chi connectivity index (χ4n) is 2.40. The molecule has 1 aromatic heterocycles. The van der Waals surface area contributed by atoms with Gasteiger partial charge in [-0.15, -0.1) is 0 Å². The van der Waals surface area contributed by atoms with E-state index in [2.05, 4.69) is 33.7 Å². The largest absolute Gasteiger partial charge is 0.337 e. The molecule has 0 spiro atoms. The van der Waals surface area contributed by atoms with Gasteiger partial charge >= 0.3 is 0 Å². The van der Waals surface area contributed by atoms with Crippen molar-refractivity contribution in [2.75, 3.05) is 31.6 Å². The number of anilines is 1. The van der Waals surface area contributed by atoms with Crippen LogP contribution in [0.3, 0.4) is 0 Å². The molecule has 0 radical (unpaired) electrons. The first-order valence-electron chi connectivity index (χ1n) is 6.47. The predicted molar refractivity (Wildman–Crippen MR) is 71.0 cm³/mol. The van der Waals surface area contributed by atoms with Gasteiger partial charge in [0.2, 0.25) is 5.95 Å². The first-order valence-corrected chi connectivity index (χ1v) is 6.47. The summed E-state index contributed by atoms with van der Waals surface area (Å²) >= 11 is 0. The average molecular weight is 248 g/mol. The molecule has 0 aromatic carbocycles. The molecule has 18 heavy (non-hydrogen) atoms. The van der Waals surface area contributed by atoms with Gasteiger partial charge in [0.05, 0.1) is 5.56 Å². The highest BCUT2D eigenvalue weighted by molar-refractivity contribution is 5.73. The number of carbonyl (C=O) groups is 1. The minimum atomic E-state index is 0.444. The van der Waals surface area contributed by atoms with Gasteiger partial charge in [-0.2, -0.15) is 0 Å². The summed E-state index contributed by atoms with van der Waals surface area (Å²) in [5, 5.41) is 0. The molecular formula is C13H20N4O. The van der Waals surface area contributed by atoms with E-state index in [9.17, 15) is 4.79 Å². The maximum atomic E-state index is 10.6. The summed E-state index contributed by atoms with van der Waals surface area (Å²) in [5.41, 5.74) is 0.527. The monoisotopic (exact) mass is 248 g/mol. The number of likely N-dealkylation sites (N-methyl/N-ethyl adjacent to an activating group) is 1. The van der Waals surface area contributed by atoms with E-state index in [4.69, 9.17) is 0 Å². The first-order chi connectivity index (χ1) is 8.74. The van der Waals surface area contributed by atoms with Crippen LogP contribution in [0.25, 0.3) is 0 Å². The zero-order chi connectivity index (χ0) is 13.0. The third-order valence-electron chi connectivity index (χ3n) is 3.42. The fourth-order valence-corrected chi connectivity index (χ4v) is 2.40. The lowest BCUT2D eigenvalue weighted by molar-refractivity contribution is 0.112. The SMILES string of the molecule is CCC1CN(C)CCCN1c1ncc(C=O)cn1. The van der Waals surface area contributed by atoms with Crippen LogP contribution in [0.1, 0.15) is 30.1 Å². The van der Waals surface area contributed by atoms with Crippen molar-refractivity contribution in [2.24, 2.45) is 0 Å². The van der Waals surface area contributed by atoms with Gasteiger partial charge in [0, 0.05) is 31.5 Å². The Morgan fingerprint density at radius 3 is 2.72 bits per heavy atom. The summed E-state index contributed by atoms with van der Waals surface area (Å²) in [7, 11) is 2.16. The standard InChI is InChI=1S/C13H20N4O/c1-3-12-9-16(2)5-4-6-17(12)13-14-7-11(10-18)8-15-13/h7-8,10,12H,3-6,9H2,1-2H3. The van der Waals surface area contributed by atoms with E-state index in [-0.39, 0.29) is 0 Å². The molecule has 2 rings (SSSR count). The topological polar surface area (TPSA) is 49.3 Å². The molecule has 0 bridgehead atoms. The molecule has 1 unspecified atom stereocenters. The summed E-state index contributed by atoms with van der Waals surface area (Å²) < 4.78 is 0. The lowest BCUT2D eigenvalue weighted by Gasteiger charge is -2.30. The van der Waals surface area contributed by atoms with Crippen molar-refractivity contribution in [3.63, 3.8) is 0 Å². The van der Waals surface area contributed by atoms with Crippen LogP contribution in [0, 0.1) is 0 Å².